The molecule has 0 aliphatic carbocycles. The highest BCUT2D eigenvalue weighted by Crippen LogP contribution is 2.31. The fraction of sp³-hybridized carbons (Fsp3) is 0.333. The first-order valence-electron chi connectivity index (χ1n) is 3.76. The van der Waals surface area contributed by atoms with Crippen LogP contribution in [-0.4, -0.2) is 0 Å². The van der Waals surface area contributed by atoms with Crippen LogP contribution in [0.5, 0.6) is 0 Å². The SMILES string of the molecule is CC(C)c1cc(Br)c(N)c(Br)c1. The zero-order valence-electron chi connectivity index (χ0n) is 7.07. The van der Waals surface area contributed by atoms with Crippen molar-refractivity contribution in [3.8, 4) is 0 Å². The van der Waals surface area contributed by atoms with E-state index in [-0.39, 0.29) is 0 Å². The fourth-order valence-electron chi connectivity index (χ4n) is 0.937. The van der Waals surface area contributed by atoms with E-state index in [9.17, 15) is 0 Å². The van der Waals surface area contributed by atoms with Crippen LogP contribution in [0.15, 0.2) is 21.1 Å². The molecular weight excluding hydrogens is 282 g/mol. The van der Waals surface area contributed by atoms with Crippen LogP contribution in [0, 0.1) is 0 Å². The molecule has 0 aliphatic heterocycles. The van der Waals surface area contributed by atoms with Gasteiger partial charge in [-0.15, -0.1) is 0 Å². The molecule has 0 aromatic heterocycles. The summed E-state index contributed by atoms with van der Waals surface area (Å²) in [5.41, 5.74) is 7.80. The molecule has 0 unspecified atom stereocenters. The van der Waals surface area contributed by atoms with Crippen LogP contribution < -0.4 is 5.73 Å². The van der Waals surface area contributed by atoms with Crippen molar-refractivity contribution in [2.24, 2.45) is 0 Å². The Bertz CT molecular complexity index is 272. The highest BCUT2D eigenvalue weighted by molar-refractivity contribution is 9.11. The zero-order chi connectivity index (χ0) is 9.30. The third-order valence-electron chi connectivity index (χ3n) is 1.77. The number of halogens is 2. The summed E-state index contributed by atoms with van der Waals surface area (Å²) in [5, 5.41) is 0. The Morgan fingerprint density at radius 1 is 1.17 bits per heavy atom. The molecule has 0 heterocycles. The molecular formula is C9H11Br2N. The maximum Gasteiger partial charge on any atom is 0.0603 e. The Labute approximate surface area is 89.6 Å². The van der Waals surface area contributed by atoms with Gasteiger partial charge in [0.05, 0.1) is 5.69 Å². The van der Waals surface area contributed by atoms with Crippen LogP contribution in [0.1, 0.15) is 25.3 Å². The van der Waals surface area contributed by atoms with E-state index in [1.807, 2.05) is 0 Å². The van der Waals surface area contributed by atoms with Gasteiger partial charge in [0.1, 0.15) is 0 Å². The van der Waals surface area contributed by atoms with Gasteiger partial charge < -0.3 is 5.73 Å². The predicted octanol–water partition coefficient (Wildman–Crippen LogP) is 3.92. The topological polar surface area (TPSA) is 26.0 Å². The van der Waals surface area contributed by atoms with E-state index in [1.165, 1.54) is 5.56 Å². The minimum atomic E-state index is 0.526. The molecule has 1 aromatic rings. The average Bonchev–Trinajstić information content (AvgIpc) is 1.99. The summed E-state index contributed by atoms with van der Waals surface area (Å²) in [6.07, 6.45) is 0. The number of benzene rings is 1. The number of hydrogen-bond acceptors (Lipinski definition) is 1. The first-order chi connectivity index (χ1) is 5.52. The molecule has 0 amide bonds. The second-order valence-electron chi connectivity index (χ2n) is 3.05. The van der Waals surface area contributed by atoms with Crippen LogP contribution in [0.2, 0.25) is 0 Å². The van der Waals surface area contributed by atoms with Gasteiger partial charge in [-0.3, -0.25) is 0 Å². The van der Waals surface area contributed by atoms with E-state index in [1.54, 1.807) is 0 Å². The lowest BCUT2D eigenvalue weighted by atomic mass is 10.0. The Kier molecular flexibility index (Phi) is 3.18. The largest absolute Gasteiger partial charge is 0.397 e. The van der Waals surface area contributed by atoms with Crippen LogP contribution in [0.3, 0.4) is 0 Å². The number of hydrogen-bond donors (Lipinski definition) is 1. The summed E-state index contributed by atoms with van der Waals surface area (Å²) in [4.78, 5) is 0. The Morgan fingerprint density at radius 3 is 1.92 bits per heavy atom. The number of anilines is 1. The Hall–Kier alpha value is -0.0200. The molecule has 0 bridgehead atoms. The van der Waals surface area contributed by atoms with Crippen molar-refractivity contribution < 1.29 is 0 Å². The lowest BCUT2D eigenvalue weighted by Crippen LogP contribution is -1.93. The molecule has 0 spiro atoms. The van der Waals surface area contributed by atoms with E-state index in [0.29, 0.717) is 5.92 Å². The molecule has 66 valence electrons. The summed E-state index contributed by atoms with van der Waals surface area (Å²) in [7, 11) is 0. The van der Waals surface area contributed by atoms with Gasteiger partial charge in [-0.1, -0.05) is 13.8 Å². The van der Waals surface area contributed by atoms with Crippen LogP contribution in [-0.2, 0) is 0 Å². The summed E-state index contributed by atoms with van der Waals surface area (Å²) in [6.45, 7) is 4.31. The monoisotopic (exact) mass is 291 g/mol. The second kappa shape index (κ2) is 3.79. The molecule has 0 radical (unpaired) electrons. The van der Waals surface area contributed by atoms with Crippen molar-refractivity contribution in [1.82, 2.24) is 0 Å². The predicted molar refractivity (Wildman–Crippen MR) is 60.3 cm³/mol. The third-order valence-corrected chi connectivity index (χ3v) is 3.08. The van der Waals surface area contributed by atoms with E-state index in [4.69, 9.17) is 5.73 Å². The molecule has 3 heteroatoms. The first-order valence-corrected chi connectivity index (χ1v) is 5.35. The zero-order valence-corrected chi connectivity index (χ0v) is 10.2. The minimum Gasteiger partial charge on any atom is -0.397 e. The molecule has 0 aliphatic rings. The number of nitrogens with two attached hydrogens (primary N) is 1. The fourth-order valence-corrected chi connectivity index (χ4v) is 2.16. The molecule has 12 heavy (non-hydrogen) atoms. The van der Waals surface area contributed by atoms with E-state index < -0.39 is 0 Å². The lowest BCUT2D eigenvalue weighted by molar-refractivity contribution is 0.865. The number of rotatable bonds is 1. The smallest absolute Gasteiger partial charge is 0.0603 e. The molecule has 1 rings (SSSR count). The quantitative estimate of drug-likeness (QED) is 0.780. The van der Waals surface area contributed by atoms with Crippen molar-refractivity contribution in [2.75, 3.05) is 5.73 Å². The average molecular weight is 293 g/mol. The molecule has 0 saturated heterocycles. The molecule has 0 fully saturated rings. The lowest BCUT2D eigenvalue weighted by Gasteiger charge is -2.09. The summed E-state index contributed by atoms with van der Waals surface area (Å²) >= 11 is 6.82. The minimum absolute atomic E-state index is 0.526. The van der Waals surface area contributed by atoms with Gasteiger partial charge in [0.15, 0.2) is 0 Å². The van der Waals surface area contributed by atoms with Crippen LogP contribution in [0.25, 0.3) is 0 Å². The first kappa shape index (κ1) is 10.1. The summed E-state index contributed by atoms with van der Waals surface area (Å²) in [6, 6.07) is 4.12. The standard InChI is InChI=1S/C9H11Br2N/c1-5(2)6-3-7(10)9(12)8(11)4-6/h3-5H,12H2,1-2H3. The highest BCUT2D eigenvalue weighted by Gasteiger charge is 2.05. The van der Waals surface area contributed by atoms with Gasteiger partial charge in [0.25, 0.3) is 0 Å². The third kappa shape index (κ3) is 2.02. The van der Waals surface area contributed by atoms with Crippen molar-refractivity contribution in [3.05, 3.63) is 26.6 Å². The maximum atomic E-state index is 5.76. The molecule has 0 saturated carbocycles. The second-order valence-corrected chi connectivity index (χ2v) is 4.76. The van der Waals surface area contributed by atoms with Gasteiger partial charge in [-0.25, -0.2) is 0 Å². The van der Waals surface area contributed by atoms with Gasteiger partial charge >= 0.3 is 0 Å². The Morgan fingerprint density at radius 2 is 1.58 bits per heavy atom. The van der Waals surface area contributed by atoms with E-state index in [0.717, 1.165) is 14.6 Å². The molecule has 1 nitrogen and oxygen atoms in total. The van der Waals surface area contributed by atoms with E-state index >= 15 is 0 Å². The maximum absolute atomic E-state index is 5.76. The van der Waals surface area contributed by atoms with Gasteiger partial charge in [0, 0.05) is 8.95 Å². The molecule has 0 atom stereocenters. The Balaban J connectivity index is 3.21. The van der Waals surface area contributed by atoms with Crippen molar-refractivity contribution in [1.29, 1.82) is 0 Å². The van der Waals surface area contributed by atoms with Crippen LogP contribution in [0.4, 0.5) is 5.69 Å². The van der Waals surface area contributed by atoms with Gasteiger partial charge in [0.2, 0.25) is 0 Å². The van der Waals surface area contributed by atoms with Crippen molar-refractivity contribution in [3.63, 3.8) is 0 Å². The van der Waals surface area contributed by atoms with Gasteiger partial charge in [-0.2, -0.15) is 0 Å². The summed E-state index contributed by atoms with van der Waals surface area (Å²) < 4.78 is 1.92. The molecule has 2 N–H and O–H groups in total. The van der Waals surface area contributed by atoms with Gasteiger partial charge in [-0.05, 0) is 55.5 Å². The van der Waals surface area contributed by atoms with Crippen molar-refractivity contribution >= 4 is 37.5 Å². The number of nitrogen functional groups attached to an aromatic ring is 1. The van der Waals surface area contributed by atoms with Crippen LogP contribution >= 0.6 is 31.9 Å². The van der Waals surface area contributed by atoms with Crippen molar-refractivity contribution in [2.45, 2.75) is 19.8 Å². The normalized spacial score (nSPS) is 10.8. The highest BCUT2D eigenvalue weighted by atomic mass is 79.9. The summed E-state index contributed by atoms with van der Waals surface area (Å²) in [5.74, 6) is 0.526. The van der Waals surface area contributed by atoms with E-state index in [2.05, 4.69) is 57.8 Å². The molecule has 1 aromatic carbocycles.